The summed E-state index contributed by atoms with van der Waals surface area (Å²) in [6.45, 7) is 1.92. The molecule has 7 nitrogen and oxygen atoms in total. The summed E-state index contributed by atoms with van der Waals surface area (Å²) in [6, 6.07) is 12.0. The van der Waals surface area contributed by atoms with Crippen LogP contribution in [0.5, 0.6) is 17.2 Å². The molecular weight excluding hydrogens is 378 g/mol. The van der Waals surface area contributed by atoms with Crippen LogP contribution in [0.2, 0.25) is 0 Å². The van der Waals surface area contributed by atoms with Gasteiger partial charge in [0.15, 0.2) is 11.5 Å². The van der Waals surface area contributed by atoms with Crippen molar-refractivity contribution < 1.29 is 19.0 Å². The number of hydrogen-bond acceptors (Lipinski definition) is 8. The highest BCUT2D eigenvalue weighted by molar-refractivity contribution is 7.13. The SMILES string of the molecule is COc1cc(/C=N\Nc2nc(C)cs2)ccc1OC(=O)c1ccccc1OC. The number of carbonyl (C=O) groups is 1. The zero-order valence-corrected chi connectivity index (χ0v) is 16.4. The Labute approximate surface area is 166 Å². The van der Waals surface area contributed by atoms with E-state index in [-0.39, 0.29) is 0 Å². The van der Waals surface area contributed by atoms with Gasteiger partial charge in [0.25, 0.3) is 0 Å². The topological polar surface area (TPSA) is 82.0 Å². The fourth-order valence-electron chi connectivity index (χ4n) is 2.38. The van der Waals surface area contributed by atoms with E-state index in [1.807, 2.05) is 12.3 Å². The van der Waals surface area contributed by atoms with Crippen molar-refractivity contribution in [3.63, 3.8) is 0 Å². The van der Waals surface area contributed by atoms with Crippen LogP contribution in [-0.2, 0) is 0 Å². The Kier molecular flexibility index (Phi) is 6.23. The lowest BCUT2D eigenvalue weighted by Gasteiger charge is -2.11. The Balaban J connectivity index is 1.73. The lowest BCUT2D eigenvalue weighted by atomic mass is 10.2. The van der Waals surface area contributed by atoms with Gasteiger partial charge >= 0.3 is 5.97 Å². The third-order valence-corrected chi connectivity index (χ3v) is 4.57. The third-order valence-electron chi connectivity index (χ3n) is 3.71. The van der Waals surface area contributed by atoms with Gasteiger partial charge in [-0.1, -0.05) is 12.1 Å². The molecule has 3 aromatic rings. The second-order valence-electron chi connectivity index (χ2n) is 5.66. The van der Waals surface area contributed by atoms with Crippen LogP contribution in [-0.4, -0.2) is 31.4 Å². The highest BCUT2D eigenvalue weighted by Crippen LogP contribution is 2.29. The summed E-state index contributed by atoms with van der Waals surface area (Å²) in [5, 5.41) is 6.80. The number of aromatic nitrogens is 1. The minimum absolute atomic E-state index is 0.305. The molecule has 1 N–H and O–H groups in total. The molecule has 0 fully saturated rings. The summed E-state index contributed by atoms with van der Waals surface area (Å²) < 4.78 is 16.0. The highest BCUT2D eigenvalue weighted by atomic mass is 32.1. The number of hydrogen-bond donors (Lipinski definition) is 1. The monoisotopic (exact) mass is 397 g/mol. The maximum absolute atomic E-state index is 12.5. The zero-order valence-electron chi connectivity index (χ0n) is 15.6. The van der Waals surface area contributed by atoms with Crippen molar-refractivity contribution in [1.82, 2.24) is 4.98 Å². The Hall–Kier alpha value is -3.39. The Bertz CT molecular complexity index is 1000. The summed E-state index contributed by atoms with van der Waals surface area (Å²) in [7, 11) is 3.01. The number of methoxy groups -OCH3 is 2. The molecule has 0 spiro atoms. The van der Waals surface area contributed by atoms with E-state index in [1.165, 1.54) is 25.6 Å². The quantitative estimate of drug-likeness (QED) is 0.279. The summed E-state index contributed by atoms with van der Waals surface area (Å²) in [5.41, 5.74) is 4.91. The molecule has 1 aromatic heterocycles. The maximum atomic E-state index is 12.5. The second-order valence-corrected chi connectivity index (χ2v) is 6.52. The van der Waals surface area contributed by atoms with E-state index in [4.69, 9.17) is 14.2 Å². The van der Waals surface area contributed by atoms with Gasteiger partial charge in [0.05, 0.1) is 26.1 Å². The molecule has 1 heterocycles. The first-order valence-electron chi connectivity index (χ1n) is 8.35. The fraction of sp³-hybridized carbons (Fsp3) is 0.150. The van der Waals surface area contributed by atoms with E-state index in [0.717, 1.165) is 11.3 Å². The van der Waals surface area contributed by atoms with Crippen molar-refractivity contribution in [2.45, 2.75) is 6.92 Å². The Morgan fingerprint density at radius 1 is 1.11 bits per heavy atom. The van der Waals surface area contributed by atoms with Gasteiger partial charge in [0.2, 0.25) is 5.13 Å². The van der Waals surface area contributed by atoms with Crippen LogP contribution in [0.25, 0.3) is 0 Å². The number of anilines is 1. The first kappa shape index (κ1) is 19.4. The van der Waals surface area contributed by atoms with Crippen LogP contribution in [0, 0.1) is 6.92 Å². The van der Waals surface area contributed by atoms with Gasteiger partial charge < -0.3 is 14.2 Å². The van der Waals surface area contributed by atoms with Gasteiger partial charge in [-0.15, -0.1) is 11.3 Å². The molecule has 0 aliphatic rings. The van der Waals surface area contributed by atoms with Crippen LogP contribution in [0.1, 0.15) is 21.6 Å². The molecule has 0 aliphatic carbocycles. The van der Waals surface area contributed by atoms with E-state index in [2.05, 4.69) is 15.5 Å². The standard InChI is InChI=1S/C20H19N3O4S/c1-13-12-28-20(22-13)23-21-11-14-8-9-17(18(10-14)26-3)27-19(24)15-6-4-5-7-16(15)25-2/h4-12H,1-3H3,(H,22,23)/b21-11-. The molecule has 0 amide bonds. The molecule has 0 aliphatic heterocycles. The van der Waals surface area contributed by atoms with Gasteiger partial charge in [-0.25, -0.2) is 9.78 Å². The Morgan fingerprint density at radius 2 is 1.89 bits per heavy atom. The lowest BCUT2D eigenvalue weighted by Crippen LogP contribution is -2.10. The minimum atomic E-state index is -0.530. The van der Waals surface area contributed by atoms with Crippen molar-refractivity contribution in [1.29, 1.82) is 0 Å². The minimum Gasteiger partial charge on any atom is -0.496 e. The average molecular weight is 397 g/mol. The number of hydrazone groups is 1. The van der Waals surface area contributed by atoms with Crippen LogP contribution in [0.3, 0.4) is 0 Å². The molecule has 8 heteroatoms. The average Bonchev–Trinajstić information content (AvgIpc) is 3.13. The van der Waals surface area contributed by atoms with Crippen molar-refractivity contribution >= 4 is 28.7 Å². The van der Waals surface area contributed by atoms with E-state index < -0.39 is 5.97 Å². The molecular formula is C20H19N3O4S. The molecule has 3 rings (SSSR count). The number of thiazole rings is 1. The van der Waals surface area contributed by atoms with E-state index in [1.54, 1.807) is 48.7 Å². The van der Waals surface area contributed by atoms with Crippen molar-refractivity contribution in [3.05, 3.63) is 64.7 Å². The number of aryl methyl sites for hydroxylation is 1. The molecule has 0 saturated carbocycles. The normalized spacial score (nSPS) is 10.7. The first-order chi connectivity index (χ1) is 13.6. The highest BCUT2D eigenvalue weighted by Gasteiger charge is 2.16. The first-order valence-corrected chi connectivity index (χ1v) is 9.23. The van der Waals surface area contributed by atoms with Gasteiger partial charge in [-0.05, 0) is 42.8 Å². The number of nitrogens with zero attached hydrogens (tertiary/aromatic N) is 2. The van der Waals surface area contributed by atoms with Crippen LogP contribution in [0.4, 0.5) is 5.13 Å². The van der Waals surface area contributed by atoms with E-state index in [9.17, 15) is 4.79 Å². The molecule has 28 heavy (non-hydrogen) atoms. The second kappa shape index (κ2) is 9.01. The lowest BCUT2D eigenvalue weighted by molar-refractivity contribution is 0.0726. The zero-order chi connectivity index (χ0) is 19.9. The molecule has 0 saturated heterocycles. The maximum Gasteiger partial charge on any atom is 0.347 e. The molecule has 0 radical (unpaired) electrons. The number of rotatable bonds is 7. The molecule has 0 bridgehead atoms. The molecule has 0 atom stereocenters. The predicted octanol–water partition coefficient (Wildman–Crippen LogP) is 4.13. The van der Waals surface area contributed by atoms with Gasteiger partial charge in [0, 0.05) is 5.38 Å². The number of benzene rings is 2. The van der Waals surface area contributed by atoms with E-state index >= 15 is 0 Å². The fourth-order valence-corrected chi connectivity index (χ4v) is 3.02. The molecule has 2 aromatic carbocycles. The van der Waals surface area contributed by atoms with E-state index in [0.29, 0.717) is 27.9 Å². The number of carbonyl (C=O) groups excluding carboxylic acids is 1. The summed E-state index contributed by atoms with van der Waals surface area (Å²) in [5.74, 6) is 0.632. The van der Waals surface area contributed by atoms with Gasteiger partial charge in [-0.3, -0.25) is 5.43 Å². The van der Waals surface area contributed by atoms with Crippen molar-refractivity contribution in [3.8, 4) is 17.2 Å². The largest absolute Gasteiger partial charge is 0.496 e. The number of ether oxygens (including phenoxy) is 3. The van der Waals surface area contributed by atoms with Gasteiger partial charge in [-0.2, -0.15) is 5.10 Å². The summed E-state index contributed by atoms with van der Waals surface area (Å²) in [6.07, 6.45) is 1.63. The number of esters is 1. The predicted molar refractivity (Wildman–Crippen MR) is 109 cm³/mol. The molecule has 0 unspecified atom stereocenters. The van der Waals surface area contributed by atoms with Crippen molar-refractivity contribution in [2.24, 2.45) is 5.10 Å². The van der Waals surface area contributed by atoms with Crippen molar-refractivity contribution in [2.75, 3.05) is 19.6 Å². The Morgan fingerprint density at radius 3 is 2.61 bits per heavy atom. The third kappa shape index (κ3) is 4.66. The van der Waals surface area contributed by atoms with Crippen LogP contribution in [0.15, 0.2) is 52.9 Å². The number of nitrogens with one attached hydrogen (secondary N) is 1. The van der Waals surface area contributed by atoms with Crippen LogP contribution < -0.4 is 19.6 Å². The van der Waals surface area contributed by atoms with Gasteiger partial charge in [0.1, 0.15) is 11.3 Å². The summed E-state index contributed by atoms with van der Waals surface area (Å²) >= 11 is 1.47. The number of para-hydroxylation sites is 1. The van der Waals surface area contributed by atoms with Crippen LogP contribution >= 0.6 is 11.3 Å². The smallest absolute Gasteiger partial charge is 0.347 e. The summed E-state index contributed by atoms with van der Waals surface area (Å²) in [4.78, 5) is 16.7. The molecule has 144 valence electrons.